The van der Waals surface area contributed by atoms with Crippen LogP contribution < -0.4 is 0 Å². The quantitative estimate of drug-likeness (QED) is 0.865. The molecular weight excluding hydrogens is 341 g/mol. The molecule has 1 heterocycles. The Morgan fingerprint density at radius 1 is 1.22 bits per heavy atom. The molecule has 0 aromatic heterocycles. The molecule has 0 bridgehead atoms. The Bertz CT molecular complexity index is 627. The molecule has 1 amide bonds. The van der Waals surface area contributed by atoms with Crippen LogP contribution in [0.1, 0.15) is 32.3 Å². The molecule has 1 fully saturated rings. The van der Waals surface area contributed by atoms with E-state index in [1.54, 1.807) is 39.0 Å². The fourth-order valence-electron chi connectivity index (χ4n) is 2.61. The molecule has 1 aromatic rings. The highest BCUT2D eigenvalue weighted by Gasteiger charge is 2.41. The minimum Gasteiger partial charge on any atom is -0.481 e. The van der Waals surface area contributed by atoms with E-state index in [4.69, 9.17) is 27.9 Å². The van der Waals surface area contributed by atoms with Crippen LogP contribution in [0.3, 0.4) is 0 Å². The number of carbonyl (C=O) groups excluding carboxylic acids is 1. The van der Waals surface area contributed by atoms with Crippen molar-refractivity contribution in [2.24, 2.45) is 5.92 Å². The van der Waals surface area contributed by atoms with Crippen LogP contribution in [0.2, 0.25) is 10.0 Å². The lowest BCUT2D eigenvalue weighted by Gasteiger charge is -2.24. The zero-order valence-electron chi connectivity index (χ0n) is 13.2. The molecule has 1 saturated heterocycles. The van der Waals surface area contributed by atoms with Crippen molar-refractivity contribution in [1.82, 2.24) is 4.90 Å². The van der Waals surface area contributed by atoms with Crippen LogP contribution in [0.4, 0.5) is 4.79 Å². The Kier molecular flexibility index (Phi) is 5.11. The lowest BCUT2D eigenvalue weighted by atomic mass is 9.89. The van der Waals surface area contributed by atoms with Gasteiger partial charge in [-0.25, -0.2) is 4.79 Å². The average molecular weight is 360 g/mol. The molecule has 1 aliphatic heterocycles. The van der Waals surface area contributed by atoms with Crippen molar-refractivity contribution in [2.75, 3.05) is 13.1 Å². The van der Waals surface area contributed by atoms with Crippen LogP contribution in [0, 0.1) is 5.92 Å². The number of hydrogen-bond donors (Lipinski definition) is 1. The van der Waals surface area contributed by atoms with E-state index in [0.29, 0.717) is 10.0 Å². The normalized spacial score (nSPS) is 21.3. The van der Waals surface area contributed by atoms with Gasteiger partial charge in [0.15, 0.2) is 0 Å². The predicted molar refractivity (Wildman–Crippen MR) is 88.1 cm³/mol. The summed E-state index contributed by atoms with van der Waals surface area (Å²) >= 11 is 11.9. The fourth-order valence-corrected chi connectivity index (χ4v) is 2.92. The monoisotopic (exact) mass is 359 g/mol. The second kappa shape index (κ2) is 6.57. The Hall–Kier alpha value is -1.46. The number of carbonyl (C=O) groups is 2. The van der Waals surface area contributed by atoms with Gasteiger partial charge in [-0.3, -0.25) is 4.79 Å². The number of nitrogens with zero attached hydrogens (tertiary/aromatic N) is 1. The summed E-state index contributed by atoms with van der Waals surface area (Å²) < 4.78 is 5.32. The Morgan fingerprint density at radius 2 is 1.87 bits per heavy atom. The Morgan fingerprint density at radius 3 is 2.39 bits per heavy atom. The molecule has 0 saturated carbocycles. The average Bonchev–Trinajstić information content (AvgIpc) is 2.85. The van der Waals surface area contributed by atoms with E-state index >= 15 is 0 Å². The first kappa shape index (κ1) is 17.9. The fraction of sp³-hybridized carbons (Fsp3) is 0.500. The predicted octanol–water partition coefficient (Wildman–Crippen LogP) is 4.03. The summed E-state index contributed by atoms with van der Waals surface area (Å²) in [6.45, 7) is 5.68. The molecule has 23 heavy (non-hydrogen) atoms. The van der Waals surface area contributed by atoms with E-state index in [1.165, 1.54) is 4.90 Å². The summed E-state index contributed by atoms with van der Waals surface area (Å²) in [7, 11) is 0. The van der Waals surface area contributed by atoms with Gasteiger partial charge in [0.05, 0.1) is 16.0 Å². The zero-order valence-corrected chi connectivity index (χ0v) is 14.7. The number of rotatable bonds is 2. The van der Waals surface area contributed by atoms with Crippen LogP contribution in [0.15, 0.2) is 18.2 Å². The van der Waals surface area contributed by atoms with Gasteiger partial charge in [0.1, 0.15) is 5.60 Å². The SMILES string of the molecule is CC(C)(C)OC(=O)N1C[C@H](C(=O)O)[C@H](c2ccc(Cl)c(Cl)c2)C1. The number of ether oxygens (including phenoxy) is 1. The van der Waals surface area contributed by atoms with Gasteiger partial charge in [-0.15, -0.1) is 0 Å². The number of carboxylic acids is 1. The highest BCUT2D eigenvalue weighted by Crippen LogP contribution is 2.36. The van der Waals surface area contributed by atoms with Gasteiger partial charge in [0, 0.05) is 19.0 Å². The van der Waals surface area contributed by atoms with Crippen molar-refractivity contribution >= 4 is 35.3 Å². The second-order valence-electron chi connectivity index (χ2n) is 6.61. The number of hydrogen-bond acceptors (Lipinski definition) is 3. The van der Waals surface area contributed by atoms with Crippen molar-refractivity contribution in [1.29, 1.82) is 0 Å². The minimum atomic E-state index is -0.952. The number of carboxylic acid groups (broad SMARTS) is 1. The molecule has 1 N–H and O–H groups in total. The maximum atomic E-state index is 12.2. The largest absolute Gasteiger partial charge is 0.481 e. The van der Waals surface area contributed by atoms with Crippen LogP contribution in [-0.4, -0.2) is 40.8 Å². The summed E-state index contributed by atoms with van der Waals surface area (Å²) in [5.41, 5.74) is 0.121. The number of benzene rings is 1. The first-order chi connectivity index (χ1) is 10.6. The standard InChI is InChI=1S/C16H19Cl2NO4/c1-16(2,3)23-15(22)19-7-10(11(8-19)14(20)21)9-4-5-12(17)13(18)6-9/h4-6,10-11H,7-8H2,1-3H3,(H,20,21)/t10-,11-/m0/s1. The number of halogens is 2. The molecule has 2 atom stereocenters. The Balaban J connectivity index is 2.23. The zero-order chi connectivity index (χ0) is 17.4. The first-order valence-corrected chi connectivity index (χ1v) is 8.00. The van der Waals surface area contributed by atoms with E-state index < -0.39 is 23.6 Å². The summed E-state index contributed by atoms with van der Waals surface area (Å²) in [6.07, 6.45) is -0.508. The van der Waals surface area contributed by atoms with E-state index in [9.17, 15) is 14.7 Å². The number of aliphatic carboxylic acids is 1. The number of likely N-dealkylation sites (tertiary alicyclic amines) is 1. The van der Waals surface area contributed by atoms with E-state index in [2.05, 4.69) is 0 Å². The maximum absolute atomic E-state index is 12.2. The van der Waals surface area contributed by atoms with Crippen LogP contribution in [0.5, 0.6) is 0 Å². The molecule has 0 aliphatic carbocycles. The summed E-state index contributed by atoms with van der Waals surface area (Å²) in [5, 5.41) is 10.2. The summed E-state index contributed by atoms with van der Waals surface area (Å²) in [4.78, 5) is 25.2. The smallest absolute Gasteiger partial charge is 0.410 e. The second-order valence-corrected chi connectivity index (χ2v) is 7.42. The maximum Gasteiger partial charge on any atom is 0.410 e. The molecule has 0 radical (unpaired) electrons. The highest BCUT2D eigenvalue weighted by molar-refractivity contribution is 6.42. The van der Waals surface area contributed by atoms with Crippen molar-refractivity contribution in [3.05, 3.63) is 33.8 Å². The van der Waals surface area contributed by atoms with Crippen LogP contribution in [0.25, 0.3) is 0 Å². The lowest BCUT2D eigenvalue weighted by Crippen LogP contribution is -2.35. The third-order valence-corrected chi connectivity index (χ3v) is 4.40. The highest BCUT2D eigenvalue weighted by atomic mass is 35.5. The third-order valence-electron chi connectivity index (χ3n) is 3.66. The van der Waals surface area contributed by atoms with Crippen molar-refractivity contribution in [3.63, 3.8) is 0 Å². The Labute approximate surface area is 145 Å². The van der Waals surface area contributed by atoms with Gasteiger partial charge >= 0.3 is 12.1 Å². The molecule has 0 spiro atoms. The molecule has 5 nitrogen and oxygen atoms in total. The number of amides is 1. The van der Waals surface area contributed by atoms with E-state index in [1.807, 2.05) is 0 Å². The van der Waals surface area contributed by atoms with E-state index in [0.717, 1.165) is 5.56 Å². The summed E-state index contributed by atoms with van der Waals surface area (Å²) in [6, 6.07) is 5.03. The van der Waals surface area contributed by atoms with Gasteiger partial charge in [0.2, 0.25) is 0 Å². The summed E-state index contributed by atoms with van der Waals surface area (Å²) in [5.74, 6) is -2.01. The van der Waals surface area contributed by atoms with Crippen molar-refractivity contribution in [2.45, 2.75) is 32.3 Å². The topological polar surface area (TPSA) is 66.8 Å². The van der Waals surface area contributed by atoms with Gasteiger partial charge in [0.25, 0.3) is 0 Å². The third kappa shape index (κ3) is 4.30. The van der Waals surface area contributed by atoms with Gasteiger partial charge < -0.3 is 14.7 Å². The van der Waals surface area contributed by atoms with Gasteiger partial charge in [-0.05, 0) is 38.5 Å². The molecule has 2 rings (SSSR count). The van der Waals surface area contributed by atoms with Gasteiger partial charge in [-0.1, -0.05) is 29.3 Å². The van der Waals surface area contributed by atoms with Crippen molar-refractivity contribution in [3.8, 4) is 0 Å². The van der Waals surface area contributed by atoms with Gasteiger partial charge in [-0.2, -0.15) is 0 Å². The van der Waals surface area contributed by atoms with Crippen LogP contribution in [-0.2, 0) is 9.53 Å². The van der Waals surface area contributed by atoms with Crippen molar-refractivity contribution < 1.29 is 19.4 Å². The lowest BCUT2D eigenvalue weighted by molar-refractivity contribution is -0.141. The molecule has 126 valence electrons. The molecular formula is C16H19Cl2NO4. The first-order valence-electron chi connectivity index (χ1n) is 7.24. The minimum absolute atomic E-state index is 0.106. The van der Waals surface area contributed by atoms with Crippen LogP contribution >= 0.6 is 23.2 Å². The van der Waals surface area contributed by atoms with E-state index in [-0.39, 0.29) is 19.0 Å². The molecule has 1 aromatic carbocycles. The molecule has 7 heteroatoms. The molecule has 1 aliphatic rings. The molecule has 0 unspecified atom stereocenters.